The number of nitrogens with two attached hydrogens (primary N) is 1. The second-order valence-electron chi connectivity index (χ2n) is 4.65. The highest BCUT2D eigenvalue weighted by Crippen LogP contribution is 2.10. The summed E-state index contributed by atoms with van der Waals surface area (Å²) in [6.45, 7) is 6.27. The largest absolute Gasteiger partial charge is 0.350 e. The van der Waals surface area contributed by atoms with Crippen molar-refractivity contribution in [1.82, 2.24) is 10.3 Å². The molecule has 0 saturated carbocycles. The number of hydrogen-bond donors (Lipinski definition) is 2. The van der Waals surface area contributed by atoms with E-state index in [4.69, 9.17) is 5.73 Å². The maximum absolute atomic E-state index is 11.9. The molecule has 0 aliphatic carbocycles. The van der Waals surface area contributed by atoms with E-state index in [0.29, 0.717) is 13.0 Å². The van der Waals surface area contributed by atoms with Gasteiger partial charge in [0, 0.05) is 18.9 Å². The minimum absolute atomic E-state index is 0. The lowest BCUT2D eigenvalue weighted by Crippen LogP contribution is -2.51. The molecular weight excluding hydrogens is 250 g/mol. The molecule has 102 valence electrons. The third-order valence-electron chi connectivity index (χ3n) is 2.86. The molecule has 1 heterocycles. The molecule has 3 N–H and O–H groups in total. The summed E-state index contributed by atoms with van der Waals surface area (Å²) in [5.41, 5.74) is 7.31. The molecule has 1 rings (SSSR count). The minimum Gasteiger partial charge on any atom is -0.350 e. The number of carbonyl (C=O) groups excluding carboxylic acids is 1. The number of aryl methyl sites for hydroxylation is 1. The zero-order valence-electron chi connectivity index (χ0n) is 11.2. The Balaban J connectivity index is 0.00000289. The van der Waals surface area contributed by atoms with Gasteiger partial charge in [0.2, 0.25) is 5.91 Å². The van der Waals surface area contributed by atoms with Crippen molar-refractivity contribution in [2.75, 3.05) is 0 Å². The van der Waals surface area contributed by atoms with E-state index in [9.17, 15) is 4.79 Å². The zero-order chi connectivity index (χ0) is 12.9. The molecule has 0 fully saturated rings. The highest BCUT2D eigenvalue weighted by Gasteiger charge is 2.26. The molecule has 1 aromatic rings. The van der Waals surface area contributed by atoms with Crippen LogP contribution in [0.15, 0.2) is 18.5 Å². The van der Waals surface area contributed by atoms with Crippen molar-refractivity contribution >= 4 is 18.3 Å². The highest BCUT2D eigenvalue weighted by atomic mass is 35.5. The first kappa shape index (κ1) is 16.9. The Bertz CT molecular complexity index is 394. The van der Waals surface area contributed by atoms with Gasteiger partial charge in [-0.25, -0.2) is 0 Å². The molecule has 0 aliphatic heterocycles. The van der Waals surface area contributed by atoms with E-state index < -0.39 is 5.54 Å². The van der Waals surface area contributed by atoms with E-state index in [1.54, 1.807) is 19.3 Å². The number of nitrogens with one attached hydrogen (secondary N) is 1. The number of carbonyl (C=O) groups is 1. The van der Waals surface area contributed by atoms with Crippen LogP contribution in [0.3, 0.4) is 0 Å². The van der Waals surface area contributed by atoms with Crippen molar-refractivity contribution in [2.24, 2.45) is 5.73 Å². The second kappa shape index (κ2) is 7.34. The normalized spacial score (nSPS) is 13.3. The van der Waals surface area contributed by atoms with Crippen molar-refractivity contribution < 1.29 is 4.79 Å². The van der Waals surface area contributed by atoms with Crippen molar-refractivity contribution in [1.29, 1.82) is 0 Å². The van der Waals surface area contributed by atoms with E-state index in [-0.39, 0.29) is 18.3 Å². The molecule has 1 amide bonds. The SMILES string of the molecule is CCCC(C)(N)C(=O)NCc1ccncc1C.Cl. The Hall–Kier alpha value is -1.13. The number of amides is 1. The van der Waals surface area contributed by atoms with Gasteiger partial charge in [0.1, 0.15) is 0 Å². The lowest BCUT2D eigenvalue weighted by molar-refractivity contribution is -0.126. The molecule has 18 heavy (non-hydrogen) atoms. The van der Waals surface area contributed by atoms with Crippen LogP contribution in [0.4, 0.5) is 0 Å². The van der Waals surface area contributed by atoms with Crippen LogP contribution in [0.1, 0.15) is 37.8 Å². The van der Waals surface area contributed by atoms with Crippen molar-refractivity contribution in [3.8, 4) is 0 Å². The molecule has 0 spiro atoms. The van der Waals surface area contributed by atoms with Crippen LogP contribution in [0.5, 0.6) is 0 Å². The standard InChI is InChI=1S/C13H21N3O.ClH/c1-4-6-13(3,14)12(17)16-9-11-5-7-15-8-10(11)2;/h5,7-8H,4,6,9,14H2,1-3H3,(H,16,17);1H. The monoisotopic (exact) mass is 271 g/mol. The van der Waals surface area contributed by atoms with Crippen LogP contribution in [-0.2, 0) is 11.3 Å². The van der Waals surface area contributed by atoms with Gasteiger partial charge in [-0.1, -0.05) is 13.3 Å². The Labute approximate surface area is 115 Å². The summed E-state index contributed by atoms with van der Waals surface area (Å²) in [4.78, 5) is 15.9. The van der Waals surface area contributed by atoms with Gasteiger partial charge in [-0.05, 0) is 37.5 Å². The topological polar surface area (TPSA) is 68.0 Å². The number of hydrogen-bond acceptors (Lipinski definition) is 3. The summed E-state index contributed by atoms with van der Waals surface area (Å²) in [7, 11) is 0. The minimum atomic E-state index is -0.782. The van der Waals surface area contributed by atoms with Gasteiger partial charge in [-0.15, -0.1) is 12.4 Å². The summed E-state index contributed by atoms with van der Waals surface area (Å²) in [6, 6.07) is 1.91. The summed E-state index contributed by atoms with van der Waals surface area (Å²) >= 11 is 0. The first-order valence-electron chi connectivity index (χ1n) is 5.94. The summed E-state index contributed by atoms with van der Waals surface area (Å²) in [5.74, 6) is -0.101. The van der Waals surface area contributed by atoms with E-state index in [2.05, 4.69) is 10.3 Å². The van der Waals surface area contributed by atoms with Crippen LogP contribution in [0.2, 0.25) is 0 Å². The molecule has 0 bridgehead atoms. The fourth-order valence-electron chi connectivity index (χ4n) is 1.71. The highest BCUT2D eigenvalue weighted by molar-refractivity contribution is 5.85. The first-order valence-corrected chi connectivity index (χ1v) is 5.94. The van der Waals surface area contributed by atoms with Crippen LogP contribution in [0, 0.1) is 6.92 Å². The molecule has 0 aliphatic rings. The Morgan fingerprint density at radius 3 is 2.78 bits per heavy atom. The van der Waals surface area contributed by atoms with Crippen molar-refractivity contribution in [2.45, 2.75) is 45.7 Å². The third kappa shape index (κ3) is 4.63. The van der Waals surface area contributed by atoms with Gasteiger partial charge in [0.15, 0.2) is 0 Å². The van der Waals surface area contributed by atoms with Crippen LogP contribution < -0.4 is 11.1 Å². The van der Waals surface area contributed by atoms with E-state index >= 15 is 0 Å². The van der Waals surface area contributed by atoms with E-state index in [1.807, 2.05) is 19.9 Å². The Morgan fingerprint density at radius 1 is 1.56 bits per heavy atom. The third-order valence-corrected chi connectivity index (χ3v) is 2.86. The van der Waals surface area contributed by atoms with Gasteiger partial charge in [-0.3, -0.25) is 9.78 Å². The first-order chi connectivity index (χ1) is 7.97. The number of pyridine rings is 1. The van der Waals surface area contributed by atoms with Crippen LogP contribution in [-0.4, -0.2) is 16.4 Å². The van der Waals surface area contributed by atoms with Crippen LogP contribution in [0.25, 0.3) is 0 Å². The Kier molecular flexibility index (Phi) is 6.88. The quantitative estimate of drug-likeness (QED) is 0.860. The molecule has 0 saturated heterocycles. The smallest absolute Gasteiger partial charge is 0.240 e. The average Bonchev–Trinajstić information content (AvgIpc) is 2.27. The van der Waals surface area contributed by atoms with Gasteiger partial charge in [0.25, 0.3) is 0 Å². The number of halogens is 1. The second-order valence-corrected chi connectivity index (χ2v) is 4.65. The summed E-state index contributed by atoms with van der Waals surface area (Å²) in [6.07, 6.45) is 5.10. The molecule has 1 aromatic heterocycles. The van der Waals surface area contributed by atoms with Gasteiger partial charge in [-0.2, -0.15) is 0 Å². The molecule has 1 atom stereocenters. The van der Waals surface area contributed by atoms with E-state index in [0.717, 1.165) is 17.5 Å². The zero-order valence-corrected chi connectivity index (χ0v) is 12.0. The number of nitrogens with zero attached hydrogens (tertiary/aromatic N) is 1. The fourth-order valence-corrected chi connectivity index (χ4v) is 1.71. The van der Waals surface area contributed by atoms with Gasteiger partial charge >= 0.3 is 0 Å². The van der Waals surface area contributed by atoms with Crippen molar-refractivity contribution in [3.63, 3.8) is 0 Å². The lowest BCUT2D eigenvalue weighted by Gasteiger charge is -2.23. The molecule has 0 aromatic carbocycles. The predicted molar refractivity (Wildman–Crippen MR) is 75.6 cm³/mol. The number of aromatic nitrogens is 1. The van der Waals surface area contributed by atoms with E-state index in [1.165, 1.54) is 0 Å². The predicted octanol–water partition coefficient (Wildman–Crippen LogP) is 1.95. The molecule has 4 nitrogen and oxygen atoms in total. The van der Waals surface area contributed by atoms with Gasteiger partial charge < -0.3 is 11.1 Å². The fraction of sp³-hybridized carbons (Fsp3) is 0.538. The lowest BCUT2D eigenvalue weighted by atomic mass is 9.96. The molecular formula is C13H22ClN3O. The van der Waals surface area contributed by atoms with Crippen LogP contribution >= 0.6 is 12.4 Å². The molecule has 5 heteroatoms. The van der Waals surface area contributed by atoms with Gasteiger partial charge in [0.05, 0.1) is 5.54 Å². The molecule has 0 radical (unpaired) electrons. The maximum atomic E-state index is 11.9. The average molecular weight is 272 g/mol. The Morgan fingerprint density at radius 2 is 2.22 bits per heavy atom. The summed E-state index contributed by atoms with van der Waals surface area (Å²) < 4.78 is 0. The maximum Gasteiger partial charge on any atom is 0.240 e. The number of rotatable bonds is 5. The summed E-state index contributed by atoms with van der Waals surface area (Å²) in [5, 5.41) is 2.87. The molecule has 1 unspecified atom stereocenters. The van der Waals surface area contributed by atoms with Crippen molar-refractivity contribution in [3.05, 3.63) is 29.6 Å².